The van der Waals surface area contributed by atoms with Crippen molar-refractivity contribution in [3.8, 4) is 5.88 Å². The fraction of sp³-hybridized carbons (Fsp3) is 0.333. The van der Waals surface area contributed by atoms with E-state index in [9.17, 15) is 18.0 Å². The minimum atomic E-state index is -4.54. The molecular formula is C15H13F3N2O3. The molecule has 1 aromatic carbocycles. The molecule has 0 aliphatic carbocycles. The lowest BCUT2D eigenvalue weighted by molar-refractivity contribution is -0.142. The molecule has 0 saturated heterocycles. The van der Waals surface area contributed by atoms with E-state index in [1.165, 1.54) is 12.1 Å². The second-order valence-corrected chi connectivity index (χ2v) is 5.25. The molecule has 122 valence electrons. The monoisotopic (exact) mass is 326 g/mol. The van der Waals surface area contributed by atoms with E-state index in [2.05, 4.69) is 5.10 Å². The van der Waals surface area contributed by atoms with Crippen molar-refractivity contribution in [3.05, 3.63) is 46.6 Å². The van der Waals surface area contributed by atoms with E-state index in [0.29, 0.717) is 18.6 Å². The third-order valence-electron chi connectivity index (χ3n) is 3.58. The zero-order valence-corrected chi connectivity index (χ0v) is 11.9. The average molecular weight is 326 g/mol. The van der Waals surface area contributed by atoms with Gasteiger partial charge in [-0.3, -0.25) is 0 Å². The molecule has 0 atom stereocenters. The standard InChI is InChI=1S/C15H13F3N2O3/c16-15(17,18)12-11-5-2-6-23-13(11)20(19-12)8-9-3-1-4-10(7-9)14(21)22/h1,3-4,7H,2,5-6,8H2,(H,21,22). The summed E-state index contributed by atoms with van der Waals surface area (Å²) in [6.45, 7) is 0.352. The Balaban J connectivity index is 1.99. The first-order chi connectivity index (χ1) is 10.9. The van der Waals surface area contributed by atoms with E-state index in [1.54, 1.807) is 12.1 Å². The fourth-order valence-electron chi connectivity index (χ4n) is 2.60. The molecule has 0 fully saturated rings. The van der Waals surface area contributed by atoms with Crippen molar-refractivity contribution >= 4 is 5.97 Å². The fourth-order valence-corrected chi connectivity index (χ4v) is 2.60. The van der Waals surface area contributed by atoms with Crippen molar-refractivity contribution in [2.24, 2.45) is 0 Å². The van der Waals surface area contributed by atoms with Crippen LogP contribution >= 0.6 is 0 Å². The molecule has 5 nitrogen and oxygen atoms in total. The number of aromatic carboxylic acids is 1. The minimum Gasteiger partial charge on any atom is -0.478 e. The van der Waals surface area contributed by atoms with Gasteiger partial charge in [-0.1, -0.05) is 12.1 Å². The van der Waals surface area contributed by atoms with Crippen molar-refractivity contribution in [2.45, 2.75) is 25.6 Å². The number of aromatic nitrogens is 2. The second-order valence-electron chi connectivity index (χ2n) is 5.25. The lowest BCUT2D eigenvalue weighted by Gasteiger charge is -2.16. The Morgan fingerprint density at radius 2 is 2.17 bits per heavy atom. The molecule has 1 aliphatic rings. The van der Waals surface area contributed by atoms with Crippen LogP contribution < -0.4 is 4.74 Å². The van der Waals surface area contributed by atoms with E-state index >= 15 is 0 Å². The van der Waals surface area contributed by atoms with E-state index in [1.807, 2.05) is 0 Å². The second kappa shape index (κ2) is 5.60. The van der Waals surface area contributed by atoms with Gasteiger partial charge in [0.1, 0.15) is 0 Å². The number of fused-ring (bicyclic) bond motifs is 1. The first kappa shape index (κ1) is 15.4. The van der Waals surface area contributed by atoms with Gasteiger partial charge in [-0.05, 0) is 30.5 Å². The molecule has 0 bridgehead atoms. The van der Waals surface area contributed by atoms with Crippen LogP contribution in [0, 0.1) is 0 Å². The average Bonchev–Trinajstić information content (AvgIpc) is 2.87. The number of carboxylic acid groups (broad SMARTS) is 1. The number of alkyl halides is 3. The molecule has 0 unspecified atom stereocenters. The van der Waals surface area contributed by atoms with Crippen LogP contribution in [0.15, 0.2) is 24.3 Å². The number of halogens is 3. The Morgan fingerprint density at radius 3 is 2.87 bits per heavy atom. The predicted molar refractivity (Wildman–Crippen MR) is 73.5 cm³/mol. The van der Waals surface area contributed by atoms with Crippen LogP contribution in [0.25, 0.3) is 0 Å². The van der Waals surface area contributed by atoms with Crippen LogP contribution in [-0.4, -0.2) is 27.5 Å². The highest BCUT2D eigenvalue weighted by atomic mass is 19.4. The highest BCUT2D eigenvalue weighted by molar-refractivity contribution is 5.87. The summed E-state index contributed by atoms with van der Waals surface area (Å²) < 4.78 is 45.8. The summed E-state index contributed by atoms with van der Waals surface area (Å²) in [6.07, 6.45) is -3.77. The van der Waals surface area contributed by atoms with Gasteiger partial charge in [0.2, 0.25) is 5.88 Å². The first-order valence-electron chi connectivity index (χ1n) is 6.98. The summed E-state index contributed by atoms with van der Waals surface area (Å²) in [7, 11) is 0. The highest BCUT2D eigenvalue weighted by Crippen LogP contribution is 2.38. The van der Waals surface area contributed by atoms with Gasteiger partial charge in [0.05, 0.1) is 18.7 Å². The molecule has 3 rings (SSSR count). The van der Waals surface area contributed by atoms with Crippen molar-refractivity contribution in [1.29, 1.82) is 0 Å². The number of carbonyl (C=O) groups is 1. The molecule has 1 N–H and O–H groups in total. The van der Waals surface area contributed by atoms with Crippen LogP contribution in [0.1, 0.15) is 33.6 Å². The van der Waals surface area contributed by atoms with Crippen molar-refractivity contribution in [3.63, 3.8) is 0 Å². The lowest BCUT2D eigenvalue weighted by Crippen LogP contribution is -2.13. The summed E-state index contributed by atoms with van der Waals surface area (Å²) >= 11 is 0. The van der Waals surface area contributed by atoms with Gasteiger partial charge in [0.25, 0.3) is 0 Å². The highest BCUT2D eigenvalue weighted by Gasteiger charge is 2.40. The van der Waals surface area contributed by atoms with Gasteiger partial charge in [-0.2, -0.15) is 18.3 Å². The van der Waals surface area contributed by atoms with E-state index in [4.69, 9.17) is 9.84 Å². The Morgan fingerprint density at radius 1 is 1.39 bits per heavy atom. The molecule has 2 heterocycles. The van der Waals surface area contributed by atoms with Crippen LogP contribution in [0.4, 0.5) is 13.2 Å². The third-order valence-corrected chi connectivity index (χ3v) is 3.58. The molecule has 1 aromatic heterocycles. The summed E-state index contributed by atoms with van der Waals surface area (Å²) in [5, 5.41) is 12.6. The molecule has 0 saturated carbocycles. The number of hydrogen-bond acceptors (Lipinski definition) is 3. The summed E-state index contributed by atoms with van der Waals surface area (Å²) in [6, 6.07) is 6.01. The Kier molecular flexibility index (Phi) is 3.75. The number of hydrogen-bond donors (Lipinski definition) is 1. The zero-order valence-electron chi connectivity index (χ0n) is 11.9. The smallest absolute Gasteiger partial charge is 0.435 e. The molecule has 0 amide bonds. The van der Waals surface area contributed by atoms with Crippen molar-refractivity contribution < 1.29 is 27.8 Å². The lowest BCUT2D eigenvalue weighted by atomic mass is 10.1. The van der Waals surface area contributed by atoms with Crippen molar-refractivity contribution in [1.82, 2.24) is 9.78 Å². The maximum absolute atomic E-state index is 13.1. The summed E-state index contributed by atoms with van der Waals surface area (Å²) in [4.78, 5) is 11.0. The quantitative estimate of drug-likeness (QED) is 0.942. The van der Waals surface area contributed by atoms with Gasteiger partial charge in [0.15, 0.2) is 5.69 Å². The molecule has 2 aromatic rings. The molecule has 0 radical (unpaired) electrons. The zero-order chi connectivity index (χ0) is 16.6. The normalized spacial score (nSPS) is 14.2. The molecule has 0 spiro atoms. The number of nitrogens with zero attached hydrogens (tertiary/aromatic N) is 2. The third kappa shape index (κ3) is 3.01. The topological polar surface area (TPSA) is 64.3 Å². The maximum Gasteiger partial charge on any atom is 0.435 e. The Hall–Kier alpha value is -2.51. The van der Waals surface area contributed by atoms with Crippen LogP contribution in [0.3, 0.4) is 0 Å². The molecule has 23 heavy (non-hydrogen) atoms. The molecule has 8 heteroatoms. The van der Waals surface area contributed by atoms with E-state index < -0.39 is 17.8 Å². The number of rotatable bonds is 3. The number of carboxylic acids is 1. The maximum atomic E-state index is 13.1. The largest absolute Gasteiger partial charge is 0.478 e. The van der Waals surface area contributed by atoms with Crippen LogP contribution in [0.2, 0.25) is 0 Å². The van der Waals surface area contributed by atoms with Gasteiger partial charge < -0.3 is 9.84 Å². The Labute approximate surface area is 129 Å². The van der Waals surface area contributed by atoms with Gasteiger partial charge in [0, 0.05) is 5.56 Å². The SMILES string of the molecule is O=C(O)c1cccc(Cn2nc(C(F)(F)F)c3c2OCCC3)c1. The number of benzene rings is 1. The summed E-state index contributed by atoms with van der Waals surface area (Å²) in [5.74, 6) is -0.981. The van der Waals surface area contributed by atoms with E-state index in [0.717, 1.165) is 4.68 Å². The predicted octanol–water partition coefficient (Wildman–Crippen LogP) is 2.97. The van der Waals surface area contributed by atoms with Gasteiger partial charge in [-0.25, -0.2) is 9.48 Å². The summed E-state index contributed by atoms with van der Waals surface area (Å²) in [5.41, 5.74) is -0.252. The van der Waals surface area contributed by atoms with Gasteiger partial charge >= 0.3 is 12.1 Å². The van der Waals surface area contributed by atoms with Gasteiger partial charge in [-0.15, -0.1) is 0 Å². The molecular weight excluding hydrogens is 313 g/mol. The van der Waals surface area contributed by atoms with Crippen molar-refractivity contribution in [2.75, 3.05) is 6.61 Å². The van der Waals surface area contributed by atoms with Crippen LogP contribution in [0.5, 0.6) is 5.88 Å². The van der Waals surface area contributed by atoms with Crippen LogP contribution in [-0.2, 0) is 19.1 Å². The minimum absolute atomic E-state index is 0.0134. The first-order valence-corrected chi connectivity index (χ1v) is 6.98. The Bertz CT molecular complexity index is 753. The number of ether oxygens (including phenoxy) is 1. The molecule has 1 aliphatic heterocycles. The van der Waals surface area contributed by atoms with E-state index in [-0.39, 0.29) is 30.0 Å².